The van der Waals surface area contributed by atoms with Crippen LogP contribution < -0.4 is 5.73 Å². The zero-order valence-corrected chi connectivity index (χ0v) is 8.00. The van der Waals surface area contributed by atoms with Gasteiger partial charge in [0.15, 0.2) is 0 Å². The lowest BCUT2D eigenvalue weighted by Gasteiger charge is -2.34. The quantitative estimate of drug-likeness (QED) is 0.687. The molecule has 2 unspecified atom stereocenters. The van der Waals surface area contributed by atoms with Gasteiger partial charge in [0.05, 0.1) is 13.1 Å². The van der Waals surface area contributed by atoms with E-state index in [1.54, 1.807) is 0 Å². The molecule has 0 aromatic carbocycles. The summed E-state index contributed by atoms with van der Waals surface area (Å²) >= 11 is 0. The number of likely N-dealkylation sites (tertiary alicyclic amines) is 1. The Morgan fingerprint density at radius 1 is 1.69 bits per heavy atom. The third kappa shape index (κ3) is 2.40. The highest BCUT2D eigenvalue weighted by molar-refractivity contribution is 5.78. The van der Waals surface area contributed by atoms with Crippen molar-refractivity contribution in [3.63, 3.8) is 0 Å². The number of hydrogen-bond acceptors (Lipinski definition) is 2. The van der Waals surface area contributed by atoms with Gasteiger partial charge >= 0.3 is 0 Å². The third-order valence-corrected chi connectivity index (χ3v) is 2.73. The molecular weight excluding hydrogens is 171 g/mol. The summed E-state index contributed by atoms with van der Waals surface area (Å²) in [4.78, 5) is 12.7. The maximum atomic E-state index is 13.4. The van der Waals surface area contributed by atoms with Crippen molar-refractivity contribution in [1.29, 1.82) is 0 Å². The molecule has 0 bridgehead atoms. The number of nitrogens with zero attached hydrogens (tertiary/aromatic N) is 1. The van der Waals surface area contributed by atoms with Gasteiger partial charge in [-0.05, 0) is 12.3 Å². The Balaban J connectivity index is 2.45. The molecule has 1 amide bonds. The van der Waals surface area contributed by atoms with Crippen LogP contribution in [0.5, 0.6) is 0 Å². The van der Waals surface area contributed by atoms with Gasteiger partial charge in [0.1, 0.15) is 6.17 Å². The molecule has 4 heteroatoms. The van der Waals surface area contributed by atoms with Crippen LogP contribution in [0.15, 0.2) is 0 Å². The number of carbonyl (C=O) groups excluding carboxylic acids is 1. The summed E-state index contributed by atoms with van der Waals surface area (Å²) in [5, 5.41) is 0. The minimum atomic E-state index is -0.866. The van der Waals surface area contributed by atoms with E-state index in [9.17, 15) is 9.18 Å². The fourth-order valence-corrected chi connectivity index (χ4v) is 1.77. The van der Waals surface area contributed by atoms with E-state index >= 15 is 0 Å². The van der Waals surface area contributed by atoms with Crippen LogP contribution in [0.3, 0.4) is 0 Å². The Hall–Kier alpha value is -0.640. The number of rotatable bonds is 2. The van der Waals surface area contributed by atoms with Gasteiger partial charge in [-0.2, -0.15) is 0 Å². The SMILES string of the molecule is CCC1CCN(C(=O)CN)CC1F. The molecule has 1 fully saturated rings. The topological polar surface area (TPSA) is 46.3 Å². The van der Waals surface area contributed by atoms with Crippen molar-refractivity contribution in [2.24, 2.45) is 11.7 Å². The Kier molecular flexibility index (Phi) is 3.66. The van der Waals surface area contributed by atoms with Crippen molar-refractivity contribution in [2.75, 3.05) is 19.6 Å². The number of carbonyl (C=O) groups is 1. The summed E-state index contributed by atoms with van der Waals surface area (Å²) in [7, 11) is 0. The average molecular weight is 188 g/mol. The summed E-state index contributed by atoms with van der Waals surface area (Å²) < 4.78 is 13.4. The molecule has 3 nitrogen and oxygen atoms in total. The molecule has 1 aliphatic rings. The summed E-state index contributed by atoms with van der Waals surface area (Å²) in [5.41, 5.74) is 5.20. The van der Waals surface area contributed by atoms with Crippen molar-refractivity contribution in [2.45, 2.75) is 25.9 Å². The van der Waals surface area contributed by atoms with Crippen LogP contribution in [0.4, 0.5) is 4.39 Å². The first-order valence-electron chi connectivity index (χ1n) is 4.81. The van der Waals surface area contributed by atoms with E-state index in [0.29, 0.717) is 6.54 Å². The van der Waals surface area contributed by atoms with Crippen molar-refractivity contribution in [3.05, 3.63) is 0 Å². The van der Waals surface area contributed by atoms with Crippen LogP contribution >= 0.6 is 0 Å². The first kappa shape index (κ1) is 10.4. The van der Waals surface area contributed by atoms with Gasteiger partial charge in [0.2, 0.25) is 5.91 Å². The van der Waals surface area contributed by atoms with E-state index in [-0.39, 0.29) is 24.9 Å². The first-order chi connectivity index (χ1) is 6.19. The van der Waals surface area contributed by atoms with Crippen LogP contribution in [0.25, 0.3) is 0 Å². The highest BCUT2D eigenvalue weighted by Crippen LogP contribution is 2.23. The van der Waals surface area contributed by atoms with Crippen LogP contribution in [0.1, 0.15) is 19.8 Å². The molecular formula is C9H17FN2O. The molecule has 13 heavy (non-hydrogen) atoms. The van der Waals surface area contributed by atoms with Crippen molar-refractivity contribution < 1.29 is 9.18 Å². The average Bonchev–Trinajstić information content (AvgIpc) is 2.16. The number of nitrogens with two attached hydrogens (primary N) is 1. The molecule has 76 valence electrons. The molecule has 1 aliphatic heterocycles. The van der Waals surface area contributed by atoms with Crippen LogP contribution in [-0.4, -0.2) is 36.6 Å². The minimum absolute atomic E-state index is 0.0104. The molecule has 0 spiro atoms. The molecule has 0 saturated carbocycles. The fourth-order valence-electron chi connectivity index (χ4n) is 1.77. The third-order valence-electron chi connectivity index (χ3n) is 2.73. The summed E-state index contributed by atoms with van der Waals surface area (Å²) in [6.45, 7) is 2.87. The molecule has 0 aromatic heterocycles. The lowest BCUT2D eigenvalue weighted by molar-refractivity contribution is -0.132. The van der Waals surface area contributed by atoms with Gasteiger partial charge in [0, 0.05) is 6.54 Å². The molecule has 0 aliphatic carbocycles. The Morgan fingerprint density at radius 3 is 2.85 bits per heavy atom. The van der Waals surface area contributed by atoms with E-state index in [4.69, 9.17) is 5.73 Å². The van der Waals surface area contributed by atoms with Gasteiger partial charge in [-0.1, -0.05) is 13.3 Å². The van der Waals surface area contributed by atoms with Gasteiger partial charge in [-0.3, -0.25) is 4.79 Å². The van der Waals surface area contributed by atoms with E-state index in [1.165, 1.54) is 4.90 Å². The monoisotopic (exact) mass is 188 g/mol. The molecule has 1 rings (SSSR count). The summed E-state index contributed by atoms with van der Waals surface area (Å²) in [6.07, 6.45) is 0.754. The number of alkyl halides is 1. The lowest BCUT2D eigenvalue weighted by atomic mass is 9.92. The van der Waals surface area contributed by atoms with Crippen molar-refractivity contribution in [1.82, 2.24) is 4.90 Å². The standard InChI is InChI=1S/C9H17FN2O/c1-2-7-3-4-12(6-8(7)10)9(13)5-11/h7-8H,2-6,11H2,1H3. The largest absolute Gasteiger partial charge is 0.339 e. The number of piperidine rings is 1. The highest BCUT2D eigenvalue weighted by Gasteiger charge is 2.29. The van der Waals surface area contributed by atoms with Crippen molar-refractivity contribution >= 4 is 5.91 Å². The zero-order valence-electron chi connectivity index (χ0n) is 8.00. The second kappa shape index (κ2) is 4.56. The maximum absolute atomic E-state index is 13.4. The normalized spacial score (nSPS) is 29.0. The Labute approximate surface area is 78.1 Å². The summed E-state index contributed by atoms with van der Waals surface area (Å²) in [6, 6.07) is 0. The van der Waals surface area contributed by atoms with E-state index < -0.39 is 6.17 Å². The van der Waals surface area contributed by atoms with Gasteiger partial charge in [-0.25, -0.2) is 4.39 Å². The number of hydrogen-bond donors (Lipinski definition) is 1. The highest BCUT2D eigenvalue weighted by atomic mass is 19.1. The molecule has 0 aromatic rings. The minimum Gasteiger partial charge on any atom is -0.339 e. The van der Waals surface area contributed by atoms with Crippen LogP contribution in [0, 0.1) is 5.92 Å². The van der Waals surface area contributed by atoms with Gasteiger partial charge in [0.25, 0.3) is 0 Å². The van der Waals surface area contributed by atoms with E-state index in [2.05, 4.69) is 0 Å². The van der Waals surface area contributed by atoms with Gasteiger partial charge < -0.3 is 10.6 Å². The van der Waals surface area contributed by atoms with Crippen molar-refractivity contribution in [3.8, 4) is 0 Å². The second-order valence-electron chi connectivity index (χ2n) is 3.52. The van der Waals surface area contributed by atoms with E-state index in [1.807, 2.05) is 6.92 Å². The molecule has 2 N–H and O–H groups in total. The predicted molar refractivity (Wildman–Crippen MR) is 48.9 cm³/mol. The zero-order chi connectivity index (χ0) is 9.84. The second-order valence-corrected chi connectivity index (χ2v) is 3.52. The Morgan fingerprint density at radius 2 is 2.38 bits per heavy atom. The van der Waals surface area contributed by atoms with Crippen LogP contribution in [-0.2, 0) is 4.79 Å². The molecule has 1 saturated heterocycles. The maximum Gasteiger partial charge on any atom is 0.236 e. The molecule has 0 radical (unpaired) electrons. The first-order valence-corrected chi connectivity index (χ1v) is 4.81. The summed E-state index contributed by atoms with van der Waals surface area (Å²) in [5.74, 6) is -0.0148. The smallest absolute Gasteiger partial charge is 0.236 e. The lowest BCUT2D eigenvalue weighted by Crippen LogP contribution is -2.46. The Bertz CT molecular complexity index is 186. The predicted octanol–water partition coefficient (Wildman–Crippen LogP) is 0.542. The van der Waals surface area contributed by atoms with Gasteiger partial charge in [-0.15, -0.1) is 0 Å². The number of halogens is 1. The fraction of sp³-hybridized carbons (Fsp3) is 0.889. The number of amides is 1. The van der Waals surface area contributed by atoms with Crippen LogP contribution in [0.2, 0.25) is 0 Å². The van der Waals surface area contributed by atoms with E-state index in [0.717, 1.165) is 12.8 Å². The molecule has 2 atom stereocenters. The molecule has 1 heterocycles.